The molecule has 0 saturated carbocycles. The summed E-state index contributed by atoms with van der Waals surface area (Å²) in [6, 6.07) is 0. The van der Waals surface area contributed by atoms with Gasteiger partial charge in [-0.2, -0.15) is 0 Å². The summed E-state index contributed by atoms with van der Waals surface area (Å²) in [6.07, 6.45) is 5.62. The molecular weight excluding hydrogens is 200 g/mol. The van der Waals surface area contributed by atoms with E-state index in [1.54, 1.807) is 0 Å². The van der Waals surface area contributed by atoms with Crippen LogP contribution < -0.4 is 5.32 Å². The molecule has 0 atom stereocenters. The maximum atomic E-state index is 10.1. The minimum absolute atomic E-state index is 0.492. The minimum atomic E-state index is -0.492. The van der Waals surface area contributed by atoms with Crippen LogP contribution in [0, 0.1) is 0 Å². The SMILES string of the molecule is CCC(O)(CC)CNCCCN1CCCC1. The second-order valence-corrected chi connectivity index (χ2v) is 5.01. The van der Waals surface area contributed by atoms with Crippen molar-refractivity contribution in [2.24, 2.45) is 0 Å². The van der Waals surface area contributed by atoms with Crippen molar-refractivity contribution >= 4 is 0 Å². The predicted molar refractivity (Wildman–Crippen MR) is 68.7 cm³/mol. The molecule has 1 aliphatic rings. The Morgan fingerprint density at radius 1 is 1.19 bits per heavy atom. The summed E-state index contributed by atoms with van der Waals surface area (Å²) in [6.45, 7) is 9.65. The van der Waals surface area contributed by atoms with Gasteiger partial charge in [0.15, 0.2) is 0 Å². The first kappa shape index (κ1) is 13.9. The van der Waals surface area contributed by atoms with Gasteiger partial charge >= 0.3 is 0 Å². The average molecular weight is 228 g/mol. The van der Waals surface area contributed by atoms with E-state index in [4.69, 9.17) is 0 Å². The molecular formula is C13H28N2O. The standard InChI is InChI=1S/C13H28N2O/c1-3-13(16,4-2)12-14-8-7-11-15-9-5-6-10-15/h14,16H,3-12H2,1-2H3. The van der Waals surface area contributed by atoms with E-state index in [0.717, 1.165) is 25.9 Å². The van der Waals surface area contributed by atoms with Gasteiger partial charge in [-0.05, 0) is 58.3 Å². The zero-order valence-corrected chi connectivity index (χ0v) is 11.0. The van der Waals surface area contributed by atoms with Crippen molar-refractivity contribution in [3.05, 3.63) is 0 Å². The summed E-state index contributed by atoms with van der Waals surface area (Å²) < 4.78 is 0. The number of rotatable bonds is 8. The third-order valence-electron chi connectivity index (χ3n) is 3.80. The summed E-state index contributed by atoms with van der Waals surface area (Å²) in [4.78, 5) is 2.54. The van der Waals surface area contributed by atoms with E-state index in [-0.39, 0.29) is 0 Å². The van der Waals surface area contributed by atoms with Crippen LogP contribution >= 0.6 is 0 Å². The Bertz CT molecular complexity index is 175. The molecule has 0 amide bonds. The van der Waals surface area contributed by atoms with Crippen LogP contribution in [-0.2, 0) is 0 Å². The van der Waals surface area contributed by atoms with Gasteiger partial charge < -0.3 is 15.3 Å². The van der Waals surface area contributed by atoms with Crippen molar-refractivity contribution in [3.8, 4) is 0 Å². The number of nitrogens with zero attached hydrogens (tertiary/aromatic N) is 1. The fourth-order valence-electron chi connectivity index (χ4n) is 2.25. The van der Waals surface area contributed by atoms with Crippen LogP contribution in [0.3, 0.4) is 0 Å². The van der Waals surface area contributed by atoms with E-state index in [1.807, 2.05) is 0 Å². The van der Waals surface area contributed by atoms with Gasteiger partial charge in [-0.3, -0.25) is 0 Å². The third-order valence-corrected chi connectivity index (χ3v) is 3.80. The first-order valence-electron chi connectivity index (χ1n) is 6.85. The monoisotopic (exact) mass is 228 g/mol. The molecule has 0 spiro atoms. The van der Waals surface area contributed by atoms with Gasteiger partial charge in [0.25, 0.3) is 0 Å². The molecule has 0 radical (unpaired) electrons. The quantitative estimate of drug-likeness (QED) is 0.620. The Labute approximate surface area is 100 Å². The molecule has 96 valence electrons. The molecule has 0 bridgehead atoms. The predicted octanol–water partition coefficient (Wildman–Crippen LogP) is 1.61. The summed E-state index contributed by atoms with van der Waals surface area (Å²) in [5.41, 5.74) is -0.492. The molecule has 0 aromatic carbocycles. The summed E-state index contributed by atoms with van der Waals surface area (Å²) in [5.74, 6) is 0. The largest absolute Gasteiger partial charge is 0.389 e. The fraction of sp³-hybridized carbons (Fsp3) is 1.00. The molecule has 3 heteroatoms. The van der Waals surface area contributed by atoms with Gasteiger partial charge in [-0.15, -0.1) is 0 Å². The Hall–Kier alpha value is -0.120. The molecule has 0 aromatic rings. The van der Waals surface area contributed by atoms with Crippen LogP contribution in [0.15, 0.2) is 0 Å². The number of likely N-dealkylation sites (tertiary alicyclic amines) is 1. The first-order valence-corrected chi connectivity index (χ1v) is 6.85. The van der Waals surface area contributed by atoms with Crippen molar-refractivity contribution in [1.29, 1.82) is 0 Å². The topological polar surface area (TPSA) is 35.5 Å². The average Bonchev–Trinajstić information content (AvgIpc) is 2.81. The van der Waals surface area contributed by atoms with E-state index >= 15 is 0 Å². The lowest BCUT2D eigenvalue weighted by Gasteiger charge is -2.25. The van der Waals surface area contributed by atoms with Gasteiger partial charge in [-0.25, -0.2) is 0 Å². The van der Waals surface area contributed by atoms with Crippen LogP contribution in [0.5, 0.6) is 0 Å². The van der Waals surface area contributed by atoms with Gasteiger partial charge in [0.05, 0.1) is 5.60 Å². The molecule has 1 fully saturated rings. The number of hydrogen-bond donors (Lipinski definition) is 2. The molecule has 1 aliphatic heterocycles. The van der Waals surface area contributed by atoms with E-state index < -0.39 is 5.60 Å². The molecule has 1 heterocycles. The smallest absolute Gasteiger partial charge is 0.0766 e. The second-order valence-electron chi connectivity index (χ2n) is 5.01. The first-order chi connectivity index (χ1) is 7.70. The zero-order valence-electron chi connectivity index (χ0n) is 11.0. The number of nitrogens with one attached hydrogen (secondary N) is 1. The Morgan fingerprint density at radius 3 is 2.38 bits per heavy atom. The van der Waals surface area contributed by atoms with Gasteiger partial charge in [0.2, 0.25) is 0 Å². The molecule has 1 rings (SSSR count). The van der Waals surface area contributed by atoms with Crippen LogP contribution in [0.4, 0.5) is 0 Å². The van der Waals surface area contributed by atoms with Crippen molar-refractivity contribution < 1.29 is 5.11 Å². The van der Waals surface area contributed by atoms with Gasteiger partial charge in [0.1, 0.15) is 0 Å². The highest BCUT2D eigenvalue weighted by Gasteiger charge is 2.20. The van der Waals surface area contributed by atoms with Crippen LogP contribution in [0.1, 0.15) is 46.0 Å². The Morgan fingerprint density at radius 2 is 1.81 bits per heavy atom. The minimum Gasteiger partial charge on any atom is -0.389 e. The summed E-state index contributed by atoms with van der Waals surface area (Å²) in [5, 5.41) is 13.4. The van der Waals surface area contributed by atoms with Crippen molar-refractivity contribution in [2.75, 3.05) is 32.7 Å². The molecule has 2 N–H and O–H groups in total. The molecule has 0 aliphatic carbocycles. The second kappa shape index (κ2) is 7.25. The number of hydrogen-bond acceptors (Lipinski definition) is 3. The molecule has 0 unspecified atom stereocenters. The van der Waals surface area contributed by atoms with Crippen LogP contribution in [-0.4, -0.2) is 48.3 Å². The third kappa shape index (κ3) is 4.81. The van der Waals surface area contributed by atoms with E-state index in [9.17, 15) is 5.11 Å². The highest BCUT2D eigenvalue weighted by molar-refractivity contribution is 4.77. The molecule has 3 nitrogen and oxygen atoms in total. The van der Waals surface area contributed by atoms with Crippen molar-refractivity contribution in [2.45, 2.75) is 51.6 Å². The number of aliphatic hydroxyl groups is 1. The Kier molecular flexibility index (Phi) is 6.32. The molecule has 16 heavy (non-hydrogen) atoms. The zero-order chi connectivity index (χ0) is 11.9. The molecule has 0 aromatic heterocycles. The fourth-order valence-corrected chi connectivity index (χ4v) is 2.25. The van der Waals surface area contributed by atoms with Crippen LogP contribution in [0.25, 0.3) is 0 Å². The normalized spacial score (nSPS) is 18.2. The molecule has 1 saturated heterocycles. The lowest BCUT2D eigenvalue weighted by atomic mass is 9.98. The van der Waals surface area contributed by atoms with Crippen LogP contribution in [0.2, 0.25) is 0 Å². The van der Waals surface area contributed by atoms with Gasteiger partial charge in [-0.1, -0.05) is 13.8 Å². The summed E-state index contributed by atoms with van der Waals surface area (Å²) >= 11 is 0. The highest BCUT2D eigenvalue weighted by atomic mass is 16.3. The van der Waals surface area contributed by atoms with Gasteiger partial charge in [0, 0.05) is 6.54 Å². The lowest BCUT2D eigenvalue weighted by Crippen LogP contribution is -2.40. The maximum absolute atomic E-state index is 10.1. The van der Waals surface area contributed by atoms with Crippen molar-refractivity contribution in [3.63, 3.8) is 0 Å². The van der Waals surface area contributed by atoms with E-state index in [1.165, 1.54) is 38.9 Å². The maximum Gasteiger partial charge on any atom is 0.0766 e. The Balaban J connectivity index is 1.98. The lowest BCUT2D eigenvalue weighted by molar-refractivity contribution is 0.0326. The van der Waals surface area contributed by atoms with E-state index in [2.05, 4.69) is 24.1 Å². The van der Waals surface area contributed by atoms with E-state index in [0.29, 0.717) is 0 Å². The van der Waals surface area contributed by atoms with Crippen molar-refractivity contribution in [1.82, 2.24) is 10.2 Å². The summed E-state index contributed by atoms with van der Waals surface area (Å²) in [7, 11) is 0. The highest BCUT2D eigenvalue weighted by Crippen LogP contribution is 2.12.